The molecule has 1 aliphatic rings. The number of amidine groups is 1. The summed E-state index contributed by atoms with van der Waals surface area (Å²) in [5.74, 6) is -1.03. The van der Waals surface area contributed by atoms with Gasteiger partial charge in [0.05, 0.1) is 10.6 Å². The third-order valence-corrected chi connectivity index (χ3v) is 6.17. The summed E-state index contributed by atoms with van der Waals surface area (Å²) in [6, 6.07) is 15.5. The van der Waals surface area contributed by atoms with Crippen molar-refractivity contribution >= 4 is 51.5 Å². The van der Waals surface area contributed by atoms with E-state index in [1.807, 2.05) is 68.5 Å². The lowest BCUT2D eigenvalue weighted by Crippen LogP contribution is -2.23. The number of aliphatic imine (C=N–C) groups is 1. The number of benzene rings is 2. The van der Waals surface area contributed by atoms with Gasteiger partial charge in [0.1, 0.15) is 6.54 Å². The highest BCUT2D eigenvalue weighted by Gasteiger charge is 2.31. The number of para-hydroxylation sites is 1. The second-order valence-corrected chi connectivity index (χ2v) is 8.21. The van der Waals surface area contributed by atoms with Crippen molar-refractivity contribution in [2.24, 2.45) is 4.99 Å². The van der Waals surface area contributed by atoms with Crippen molar-refractivity contribution in [3.63, 3.8) is 0 Å². The number of carboxylic acids is 1. The smallest absolute Gasteiger partial charge is 0.323 e. The SMILES string of the molecule is Cc1ccc(N=C2S/C(=C/c3c(C)n(CC(=O)O)c4ccccc34)C(=O)N2C)cc1. The van der Waals surface area contributed by atoms with Crippen LogP contribution in [0, 0.1) is 13.8 Å². The van der Waals surface area contributed by atoms with Crippen molar-refractivity contribution in [1.82, 2.24) is 9.47 Å². The number of aromatic nitrogens is 1. The van der Waals surface area contributed by atoms with Crippen molar-refractivity contribution in [2.45, 2.75) is 20.4 Å². The van der Waals surface area contributed by atoms with Crippen LogP contribution in [0.3, 0.4) is 0 Å². The number of thioether (sulfide) groups is 1. The summed E-state index contributed by atoms with van der Waals surface area (Å²) in [5.41, 5.74) is 4.44. The Hall–Kier alpha value is -3.32. The minimum Gasteiger partial charge on any atom is -0.480 e. The fourth-order valence-electron chi connectivity index (χ4n) is 3.49. The van der Waals surface area contributed by atoms with E-state index in [2.05, 4.69) is 4.99 Å². The Kier molecular flexibility index (Phi) is 5.22. The first-order chi connectivity index (χ1) is 14.3. The number of amides is 1. The van der Waals surface area contributed by atoms with Crippen molar-refractivity contribution in [3.05, 3.63) is 70.3 Å². The molecule has 0 bridgehead atoms. The molecule has 0 atom stereocenters. The van der Waals surface area contributed by atoms with E-state index in [4.69, 9.17) is 0 Å². The molecule has 1 aliphatic heterocycles. The fraction of sp³-hybridized carbons (Fsp3) is 0.174. The van der Waals surface area contributed by atoms with Crippen LogP contribution < -0.4 is 0 Å². The summed E-state index contributed by atoms with van der Waals surface area (Å²) in [6.45, 7) is 3.77. The van der Waals surface area contributed by atoms with Crippen LogP contribution in [0.15, 0.2) is 58.4 Å². The highest BCUT2D eigenvalue weighted by Crippen LogP contribution is 2.36. The quantitative estimate of drug-likeness (QED) is 0.628. The number of likely N-dealkylation sites (N-methyl/N-ethyl adjacent to an activating group) is 1. The molecule has 0 unspecified atom stereocenters. The van der Waals surface area contributed by atoms with E-state index in [1.165, 1.54) is 11.8 Å². The summed E-state index contributed by atoms with van der Waals surface area (Å²) < 4.78 is 1.76. The lowest BCUT2D eigenvalue weighted by molar-refractivity contribution is -0.137. The maximum Gasteiger partial charge on any atom is 0.323 e. The fourth-order valence-corrected chi connectivity index (χ4v) is 4.46. The van der Waals surface area contributed by atoms with E-state index in [0.29, 0.717) is 10.1 Å². The Morgan fingerprint density at radius 3 is 2.53 bits per heavy atom. The molecular formula is C23H21N3O3S. The van der Waals surface area contributed by atoms with Gasteiger partial charge in [0.25, 0.3) is 5.91 Å². The summed E-state index contributed by atoms with van der Waals surface area (Å²) in [6.07, 6.45) is 1.84. The number of hydrogen-bond acceptors (Lipinski definition) is 4. The van der Waals surface area contributed by atoms with Gasteiger partial charge in [0.2, 0.25) is 0 Å². The molecule has 6 nitrogen and oxygen atoms in total. The van der Waals surface area contributed by atoms with E-state index >= 15 is 0 Å². The normalized spacial score (nSPS) is 16.9. The zero-order valence-electron chi connectivity index (χ0n) is 16.9. The second-order valence-electron chi connectivity index (χ2n) is 7.20. The lowest BCUT2D eigenvalue weighted by atomic mass is 10.1. The largest absolute Gasteiger partial charge is 0.480 e. The molecule has 2 heterocycles. The molecule has 30 heavy (non-hydrogen) atoms. The van der Waals surface area contributed by atoms with E-state index in [9.17, 15) is 14.7 Å². The average molecular weight is 420 g/mol. The topological polar surface area (TPSA) is 74.9 Å². The zero-order chi connectivity index (χ0) is 21.4. The minimum absolute atomic E-state index is 0.125. The first-order valence-electron chi connectivity index (χ1n) is 9.47. The van der Waals surface area contributed by atoms with Gasteiger partial charge in [-0.2, -0.15) is 0 Å². The molecule has 1 aromatic heterocycles. The molecule has 0 aliphatic carbocycles. The maximum absolute atomic E-state index is 12.9. The molecule has 0 spiro atoms. The number of hydrogen-bond donors (Lipinski definition) is 1. The molecule has 0 saturated carbocycles. The molecule has 1 N–H and O–H groups in total. The van der Waals surface area contributed by atoms with Crippen molar-refractivity contribution in [3.8, 4) is 0 Å². The number of carbonyl (C=O) groups excluding carboxylic acids is 1. The number of fused-ring (bicyclic) bond motifs is 1. The molecular weight excluding hydrogens is 398 g/mol. The highest BCUT2D eigenvalue weighted by molar-refractivity contribution is 8.18. The van der Waals surface area contributed by atoms with Gasteiger partial charge in [0, 0.05) is 29.2 Å². The monoisotopic (exact) mass is 419 g/mol. The number of aryl methyl sites for hydroxylation is 1. The number of carbonyl (C=O) groups is 2. The summed E-state index contributed by atoms with van der Waals surface area (Å²) in [7, 11) is 1.71. The molecule has 1 amide bonds. The highest BCUT2D eigenvalue weighted by atomic mass is 32.2. The Labute approximate surface area is 178 Å². The molecule has 2 aromatic carbocycles. The van der Waals surface area contributed by atoms with Crippen molar-refractivity contribution < 1.29 is 14.7 Å². The van der Waals surface area contributed by atoms with Crippen LogP contribution in [0.4, 0.5) is 5.69 Å². The molecule has 152 valence electrons. The van der Waals surface area contributed by atoms with Crippen molar-refractivity contribution in [1.29, 1.82) is 0 Å². The van der Waals surface area contributed by atoms with Gasteiger partial charge in [-0.1, -0.05) is 35.9 Å². The average Bonchev–Trinajstić information content (AvgIpc) is 3.13. The Morgan fingerprint density at radius 2 is 1.83 bits per heavy atom. The Balaban J connectivity index is 1.76. The number of rotatable bonds is 4. The Morgan fingerprint density at radius 1 is 1.13 bits per heavy atom. The first-order valence-corrected chi connectivity index (χ1v) is 10.3. The molecule has 7 heteroatoms. The van der Waals surface area contributed by atoms with Gasteiger partial charge in [-0.25, -0.2) is 4.99 Å². The van der Waals surface area contributed by atoms with Crippen LogP contribution in [0.5, 0.6) is 0 Å². The lowest BCUT2D eigenvalue weighted by Gasteiger charge is -2.07. The molecule has 0 radical (unpaired) electrons. The van der Waals surface area contributed by atoms with Gasteiger partial charge >= 0.3 is 5.97 Å². The third kappa shape index (κ3) is 3.64. The van der Waals surface area contributed by atoms with E-state index < -0.39 is 5.97 Å². The number of nitrogens with zero attached hydrogens (tertiary/aromatic N) is 3. The molecule has 1 fully saturated rings. The van der Waals surface area contributed by atoms with Gasteiger partial charge in [-0.05, 0) is 49.9 Å². The molecule has 4 rings (SSSR count). The van der Waals surface area contributed by atoms with Crippen LogP contribution in [0.2, 0.25) is 0 Å². The van der Waals surface area contributed by atoms with Crippen LogP contribution in [0.1, 0.15) is 16.8 Å². The summed E-state index contributed by atoms with van der Waals surface area (Å²) in [4.78, 5) is 30.9. The zero-order valence-corrected chi connectivity index (χ0v) is 17.7. The van der Waals surface area contributed by atoms with Gasteiger partial charge in [0.15, 0.2) is 5.17 Å². The van der Waals surface area contributed by atoms with E-state index in [-0.39, 0.29) is 12.5 Å². The number of aliphatic carboxylic acids is 1. The standard InChI is InChI=1S/C23H21N3O3S/c1-14-8-10-16(11-9-14)24-23-25(3)22(29)20(30-23)12-18-15(2)26(13-21(27)28)19-7-5-4-6-17(18)19/h4-12H,13H2,1-3H3,(H,27,28)/b20-12+,24-23?. The predicted molar refractivity (Wildman–Crippen MR) is 121 cm³/mol. The predicted octanol–water partition coefficient (Wildman–Crippen LogP) is 4.58. The van der Waals surface area contributed by atoms with Gasteiger partial charge < -0.3 is 9.67 Å². The first kappa shape index (κ1) is 20.0. The van der Waals surface area contributed by atoms with Crippen LogP contribution in [-0.2, 0) is 16.1 Å². The maximum atomic E-state index is 12.9. The van der Waals surface area contributed by atoms with Crippen molar-refractivity contribution in [2.75, 3.05) is 7.05 Å². The Bertz CT molecular complexity index is 1220. The second kappa shape index (κ2) is 7.84. The van der Waals surface area contributed by atoms with Crippen LogP contribution >= 0.6 is 11.8 Å². The van der Waals surface area contributed by atoms with E-state index in [0.717, 1.165) is 33.4 Å². The molecule has 1 saturated heterocycles. The third-order valence-electron chi connectivity index (χ3n) is 5.11. The van der Waals surface area contributed by atoms with Crippen LogP contribution in [-0.4, -0.2) is 38.7 Å². The summed E-state index contributed by atoms with van der Waals surface area (Å²) >= 11 is 1.32. The van der Waals surface area contributed by atoms with Crippen LogP contribution in [0.25, 0.3) is 17.0 Å². The minimum atomic E-state index is -0.906. The van der Waals surface area contributed by atoms with E-state index in [1.54, 1.807) is 16.5 Å². The van der Waals surface area contributed by atoms with Gasteiger partial charge in [-0.15, -0.1) is 0 Å². The van der Waals surface area contributed by atoms with Gasteiger partial charge in [-0.3, -0.25) is 14.5 Å². The number of carboxylic acid groups (broad SMARTS) is 1. The summed E-state index contributed by atoms with van der Waals surface area (Å²) in [5, 5.41) is 10.8. The molecule has 3 aromatic rings.